The van der Waals surface area contributed by atoms with Crippen LogP contribution in [0.1, 0.15) is 26.3 Å². The summed E-state index contributed by atoms with van der Waals surface area (Å²) in [5.41, 5.74) is 1.07. The van der Waals surface area contributed by atoms with Crippen LogP contribution in [0.3, 0.4) is 0 Å². The van der Waals surface area contributed by atoms with Gasteiger partial charge in [-0.2, -0.15) is 0 Å². The van der Waals surface area contributed by atoms with Gasteiger partial charge < -0.3 is 15.0 Å². The molecule has 44 heavy (non-hydrogen) atoms. The molecule has 10 heteroatoms. The lowest BCUT2D eigenvalue weighted by molar-refractivity contribution is -0.139. The van der Waals surface area contributed by atoms with Gasteiger partial charge in [0.2, 0.25) is 11.8 Å². The fourth-order valence-electron chi connectivity index (χ4n) is 4.42. The molecule has 0 aliphatic carbocycles. The first-order valence-corrected chi connectivity index (χ1v) is 16.5. The molecule has 0 saturated heterocycles. The molecule has 4 rings (SSSR count). The number of anilines is 1. The zero-order valence-corrected chi connectivity index (χ0v) is 27.3. The van der Waals surface area contributed by atoms with E-state index in [0.717, 1.165) is 14.3 Å². The number of nitrogens with zero attached hydrogens (tertiary/aromatic N) is 2. The van der Waals surface area contributed by atoms with Crippen molar-refractivity contribution in [2.75, 3.05) is 17.4 Å². The molecule has 0 saturated carbocycles. The molecule has 8 nitrogen and oxygen atoms in total. The second kappa shape index (κ2) is 15.0. The standard InChI is InChI=1S/C34H36BrN3O5S/c1-25(2)22-36-34(40)26(3)37(23-27-11-10-12-28(35)21-27)33(39)24-38(44(41,42)32-15-8-5-9-16-32)29-17-19-31(20-18-29)43-30-13-6-4-7-14-30/h4-21,25-26H,22-24H2,1-3H3,(H,36,40)/t26-/m0/s1. The lowest BCUT2D eigenvalue weighted by Gasteiger charge is -2.32. The van der Waals surface area contributed by atoms with Crippen LogP contribution < -0.4 is 14.4 Å². The smallest absolute Gasteiger partial charge is 0.264 e. The first-order chi connectivity index (χ1) is 21.0. The highest BCUT2D eigenvalue weighted by molar-refractivity contribution is 9.10. The summed E-state index contributed by atoms with van der Waals surface area (Å²) in [4.78, 5) is 28.7. The molecular weight excluding hydrogens is 642 g/mol. The van der Waals surface area contributed by atoms with E-state index in [4.69, 9.17) is 4.74 Å². The van der Waals surface area contributed by atoms with Crippen LogP contribution in [0.15, 0.2) is 119 Å². The molecule has 0 aliphatic rings. The Bertz CT molecular complexity index is 1650. The normalized spacial score (nSPS) is 11.9. The van der Waals surface area contributed by atoms with Crippen LogP contribution in [0.5, 0.6) is 11.5 Å². The number of carbonyl (C=O) groups is 2. The van der Waals surface area contributed by atoms with Crippen molar-refractivity contribution in [1.82, 2.24) is 10.2 Å². The van der Waals surface area contributed by atoms with Crippen LogP contribution in [0.2, 0.25) is 0 Å². The van der Waals surface area contributed by atoms with Crippen LogP contribution in [-0.4, -0.2) is 44.3 Å². The van der Waals surface area contributed by atoms with Crippen molar-refractivity contribution >= 4 is 43.5 Å². The zero-order chi connectivity index (χ0) is 31.7. The second-order valence-corrected chi connectivity index (χ2v) is 13.5. The zero-order valence-electron chi connectivity index (χ0n) is 24.9. The predicted octanol–water partition coefficient (Wildman–Crippen LogP) is 6.63. The maximum Gasteiger partial charge on any atom is 0.264 e. The minimum Gasteiger partial charge on any atom is -0.457 e. The molecule has 0 spiro atoms. The van der Waals surface area contributed by atoms with Gasteiger partial charge in [0.1, 0.15) is 24.1 Å². The van der Waals surface area contributed by atoms with Gasteiger partial charge in [-0.1, -0.05) is 78.3 Å². The van der Waals surface area contributed by atoms with Crippen molar-refractivity contribution in [3.8, 4) is 11.5 Å². The average Bonchev–Trinajstić information content (AvgIpc) is 3.02. The van der Waals surface area contributed by atoms with E-state index < -0.39 is 28.5 Å². The molecule has 1 atom stereocenters. The van der Waals surface area contributed by atoms with Crippen LogP contribution >= 0.6 is 15.9 Å². The van der Waals surface area contributed by atoms with Crippen LogP contribution in [0.4, 0.5) is 5.69 Å². The largest absolute Gasteiger partial charge is 0.457 e. The summed E-state index contributed by atoms with van der Waals surface area (Å²) < 4.78 is 35.8. The summed E-state index contributed by atoms with van der Waals surface area (Å²) in [6.45, 7) is 5.66. The number of hydrogen-bond acceptors (Lipinski definition) is 5. The molecule has 0 bridgehead atoms. The fraction of sp³-hybridized carbons (Fsp3) is 0.235. The van der Waals surface area contributed by atoms with E-state index in [9.17, 15) is 18.0 Å². The quantitative estimate of drug-likeness (QED) is 0.171. The summed E-state index contributed by atoms with van der Waals surface area (Å²) in [5.74, 6) is 0.524. The van der Waals surface area contributed by atoms with Gasteiger partial charge in [-0.15, -0.1) is 0 Å². The van der Waals surface area contributed by atoms with Crippen LogP contribution in [0.25, 0.3) is 0 Å². The van der Waals surface area contributed by atoms with Crippen molar-refractivity contribution in [3.05, 3.63) is 119 Å². The maximum atomic E-state index is 14.1. The van der Waals surface area contributed by atoms with Gasteiger partial charge in [-0.3, -0.25) is 13.9 Å². The molecule has 4 aromatic carbocycles. The van der Waals surface area contributed by atoms with Gasteiger partial charge in [-0.05, 0) is 79.1 Å². The van der Waals surface area contributed by atoms with E-state index in [1.54, 1.807) is 49.4 Å². The Labute approximate surface area is 267 Å². The molecule has 230 valence electrons. The Kier molecular flexibility index (Phi) is 11.2. The fourth-order valence-corrected chi connectivity index (χ4v) is 6.30. The van der Waals surface area contributed by atoms with Crippen molar-refractivity contribution in [3.63, 3.8) is 0 Å². The van der Waals surface area contributed by atoms with E-state index >= 15 is 0 Å². The maximum absolute atomic E-state index is 14.1. The minimum atomic E-state index is -4.16. The van der Waals surface area contributed by atoms with Gasteiger partial charge in [0.25, 0.3) is 10.0 Å². The Hall–Kier alpha value is -4.15. The van der Waals surface area contributed by atoms with Gasteiger partial charge in [0, 0.05) is 17.6 Å². The lowest BCUT2D eigenvalue weighted by atomic mass is 10.1. The molecule has 0 unspecified atom stereocenters. The highest BCUT2D eigenvalue weighted by atomic mass is 79.9. The Morgan fingerprint density at radius 1 is 0.818 bits per heavy atom. The van der Waals surface area contributed by atoms with Gasteiger partial charge in [0.05, 0.1) is 10.6 Å². The topological polar surface area (TPSA) is 96.0 Å². The number of hydrogen-bond donors (Lipinski definition) is 1. The van der Waals surface area contributed by atoms with Crippen molar-refractivity contribution in [2.45, 2.75) is 38.3 Å². The summed E-state index contributed by atoms with van der Waals surface area (Å²) in [6.07, 6.45) is 0. The molecule has 0 radical (unpaired) electrons. The number of halogens is 1. The van der Waals surface area contributed by atoms with E-state index in [0.29, 0.717) is 18.0 Å². The summed E-state index contributed by atoms with van der Waals surface area (Å²) >= 11 is 3.46. The van der Waals surface area contributed by atoms with Crippen molar-refractivity contribution < 1.29 is 22.7 Å². The number of para-hydroxylation sites is 1. The number of ether oxygens (including phenoxy) is 1. The van der Waals surface area contributed by atoms with Crippen molar-refractivity contribution in [1.29, 1.82) is 0 Å². The van der Waals surface area contributed by atoms with E-state index in [2.05, 4.69) is 21.2 Å². The number of sulfonamides is 1. The van der Waals surface area contributed by atoms with Crippen molar-refractivity contribution in [2.24, 2.45) is 5.92 Å². The minimum absolute atomic E-state index is 0.0404. The first-order valence-electron chi connectivity index (χ1n) is 14.3. The summed E-state index contributed by atoms with van der Waals surface area (Å²) in [6, 6.07) is 30.3. The Balaban J connectivity index is 1.68. The monoisotopic (exact) mass is 677 g/mol. The van der Waals surface area contributed by atoms with Gasteiger partial charge in [0.15, 0.2) is 0 Å². The third kappa shape index (κ3) is 8.70. The number of rotatable bonds is 13. The molecular formula is C34H36BrN3O5S. The van der Waals surface area contributed by atoms with E-state index in [1.165, 1.54) is 17.0 Å². The highest BCUT2D eigenvalue weighted by Crippen LogP contribution is 2.28. The number of benzene rings is 4. The molecule has 4 aromatic rings. The third-order valence-electron chi connectivity index (χ3n) is 6.81. The number of nitrogens with one attached hydrogen (secondary N) is 1. The molecule has 0 fully saturated rings. The molecule has 0 aliphatic heterocycles. The predicted molar refractivity (Wildman–Crippen MR) is 176 cm³/mol. The summed E-state index contributed by atoms with van der Waals surface area (Å²) in [7, 11) is -4.16. The Morgan fingerprint density at radius 2 is 1.43 bits per heavy atom. The third-order valence-corrected chi connectivity index (χ3v) is 9.09. The first kappa shape index (κ1) is 32.8. The van der Waals surface area contributed by atoms with Crippen LogP contribution in [-0.2, 0) is 26.2 Å². The number of carbonyl (C=O) groups excluding carboxylic acids is 2. The lowest BCUT2D eigenvalue weighted by Crippen LogP contribution is -2.51. The number of amides is 2. The van der Waals surface area contributed by atoms with Crippen LogP contribution in [0, 0.1) is 5.92 Å². The molecule has 1 N–H and O–H groups in total. The van der Waals surface area contributed by atoms with Gasteiger partial charge >= 0.3 is 0 Å². The molecule has 0 heterocycles. The Morgan fingerprint density at radius 3 is 2.05 bits per heavy atom. The SMILES string of the molecule is CC(C)CNC(=O)[C@H](C)N(Cc1cccc(Br)c1)C(=O)CN(c1ccc(Oc2ccccc2)cc1)S(=O)(=O)c1ccccc1. The molecule has 2 amide bonds. The van der Waals surface area contributed by atoms with E-state index in [-0.39, 0.29) is 29.0 Å². The highest BCUT2D eigenvalue weighted by Gasteiger charge is 2.32. The summed E-state index contributed by atoms with van der Waals surface area (Å²) in [5, 5.41) is 2.89. The van der Waals surface area contributed by atoms with Gasteiger partial charge in [-0.25, -0.2) is 8.42 Å². The van der Waals surface area contributed by atoms with E-state index in [1.807, 2.05) is 68.4 Å². The average molecular weight is 679 g/mol. The molecule has 0 aromatic heterocycles. The second-order valence-electron chi connectivity index (χ2n) is 10.7.